The van der Waals surface area contributed by atoms with Crippen LogP contribution in [0.15, 0.2) is 255 Å². The molecule has 0 N–H and O–H groups in total. The summed E-state index contributed by atoms with van der Waals surface area (Å²) in [6.45, 7) is 0. The normalized spacial score (nSPS) is 11.4. The van der Waals surface area contributed by atoms with E-state index < -0.39 is 0 Å². The highest BCUT2D eigenvalue weighted by atomic mass is 15.1. The Labute approximate surface area is 373 Å². The number of anilines is 3. The molecule has 0 fully saturated rings. The Bertz CT molecular complexity index is 3450. The molecule has 11 aromatic carbocycles. The van der Waals surface area contributed by atoms with Crippen LogP contribution in [0.25, 0.3) is 93.5 Å². The van der Waals surface area contributed by atoms with Gasteiger partial charge in [-0.15, -0.1) is 0 Å². The average molecular weight is 815 g/mol. The number of benzene rings is 11. The molecule has 0 bridgehead atoms. The van der Waals surface area contributed by atoms with Crippen molar-refractivity contribution >= 4 is 60.4 Å². The van der Waals surface area contributed by atoms with Gasteiger partial charge in [0.2, 0.25) is 0 Å². The van der Waals surface area contributed by atoms with Gasteiger partial charge in [0.25, 0.3) is 0 Å². The first-order valence-corrected chi connectivity index (χ1v) is 22.0. The fourth-order valence-electron chi connectivity index (χ4n) is 9.81. The minimum absolute atomic E-state index is 1.07. The Kier molecular flexibility index (Phi) is 9.20. The third-order valence-electron chi connectivity index (χ3n) is 12.8. The van der Waals surface area contributed by atoms with Gasteiger partial charge in [0.15, 0.2) is 0 Å². The fraction of sp³-hybridized carbons (Fsp3) is 0. The summed E-state index contributed by atoms with van der Waals surface area (Å²) in [4.78, 5) is 2.41. The molecule has 0 saturated heterocycles. The van der Waals surface area contributed by atoms with Crippen molar-refractivity contribution in [2.45, 2.75) is 0 Å². The van der Waals surface area contributed by atoms with Gasteiger partial charge in [-0.3, -0.25) is 0 Å². The maximum Gasteiger partial charge on any atom is 0.0618 e. The predicted octanol–water partition coefficient (Wildman–Crippen LogP) is 17.2. The summed E-state index contributed by atoms with van der Waals surface area (Å²) < 4.78 is 2.50. The van der Waals surface area contributed by atoms with E-state index >= 15 is 0 Å². The highest BCUT2D eigenvalue weighted by molar-refractivity contribution is 6.12. The second-order valence-corrected chi connectivity index (χ2v) is 16.5. The molecule has 1 heterocycles. The first kappa shape index (κ1) is 37.3. The summed E-state index contributed by atoms with van der Waals surface area (Å²) in [6, 6.07) is 92.8. The number of aromatic nitrogens is 1. The molecule has 64 heavy (non-hydrogen) atoms. The van der Waals surface area contributed by atoms with Gasteiger partial charge in [0, 0.05) is 39.0 Å². The van der Waals surface area contributed by atoms with Crippen LogP contribution in [0.3, 0.4) is 0 Å². The zero-order valence-corrected chi connectivity index (χ0v) is 35.1. The molecule has 0 aliphatic heterocycles. The van der Waals surface area contributed by atoms with Crippen molar-refractivity contribution in [3.8, 4) is 50.2 Å². The zero-order chi connectivity index (χ0) is 42.4. The maximum atomic E-state index is 2.50. The van der Waals surface area contributed by atoms with E-state index in [0.29, 0.717) is 0 Å². The van der Waals surface area contributed by atoms with Gasteiger partial charge in [0.05, 0.1) is 16.7 Å². The SMILES string of the molecule is c1ccc(-c2cccc(-c3ccccc3)c2-n2c3ccccc3c3ccc(N(c4ccc(-c5cccc6ccccc56)cc4)c4ccc(-c5cccc6ccccc56)cc4)cc32)cc1. The molecule has 12 aromatic rings. The van der Waals surface area contributed by atoms with Crippen molar-refractivity contribution in [3.05, 3.63) is 255 Å². The largest absolute Gasteiger partial charge is 0.310 e. The van der Waals surface area contributed by atoms with Crippen LogP contribution >= 0.6 is 0 Å². The van der Waals surface area contributed by atoms with Crippen molar-refractivity contribution in [2.24, 2.45) is 0 Å². The van der Waals surface area contributed by atoms with Gasteiger partial charge in [-0.05, 0) is 97.4 Å². The number of hydrogen-bond acceptors (Lipinski definition) is 1. The molecule has 2 nitrogen and oxygen atoms in total. The third-order valence-corrected chi connectivity index (χ3v) is 12.8. The minimum atomic E-state index is 1.07. The van der Waals surface area contributed by atoms with Gasteiger partial charge in [-0.1, -0.05) is 212 Å². The zero-order valence-electron chi connectivity index (χ0n) is 35.1. The van der Waals surface area contributed by atoms with E-state index in [9.17, 15) is 0 Å². The van der Waals surface area contributed by atoms with Gasteiger partial charge >= 0.3 is 0 Å². The Morgan fingerprint density at radius 2 is 0.641 bits per heavy atom. The molecule has 1 aromatic heterocycles. The number of nitrogens with zero attached hydrogens (tertiary/aromatic N) is 2. The quantitative estimate of drug-likeness (QED) is 0.148. The number of hydrogen-bond donors (Lipinski definition) is 0. The summed E-state index contributed by atoms with van der Waals surface area (Å²) in [5, 5.41) is 7.41. The van der Waals surface area contributed by atoms with Crippen molar-refractivity contribution in [1.82, 2.24) is 4.57 Å². The summed E-state index contributed by atoms with van der Waals surface area (Å²) in [7, 11) is 0. The second kappa shape index (κ2) is 15.8. The van der Waals surface area contributed by atoms with E-state index in [0.717, 1.165) is 28.3 Å². The Morgan fingerprint density at radius 1 is 0.250 bits per heavy atom. The lowest BCUT2D eigenvalue weighted by Crippen LogP contribution is -2.10. The van der Waals surface area contributed by atoms with Crippen molar-refractivity contribution in [3.63, 3.8) is 0 Å². The van der Waals surface area contributed by atoms with Gasteiger partial charge < -0.3 is 9.47 Å². The van der Waals surface area contributed by atoms with E-state index in [1.807, 2.05) is 0 Å². The van der Waals surface area contributed by atoms with E-state index in [2.05, 4.69) is 264 Å². The standard InChI is InChI=1S/C62H42N2/c1-3-16-45(17-4-1)56-29-15-30-57(46-18-5-2-6-19-46)62(56)64-60-31-12-11-26-58(60)59-41-40-51(42-61(59)64)63(49-36-32-47(33-37-49)54-27-13-22-43-20-7-9-24-52(43)54)50-38-34-48(35-39-50)55-28-14-23-44-21-8-10-25-53(44)55/h1-42H. The van der Waals surface area contributed by atoms with E-state index in [1.54, 1.807) is 0 Å². The Balaban J connectivity index is 1.08. The van der Waals surface area contributed by atoms with Crippen LogP contribution in [0.2, 0.25) is 0 Å². The number of para-hydroxylation sites is 2. The van der Waals surface area contributed by atoms with E-state index in [4.69, 9.17) is 0 Å². The first-order valence-electron chi connectivity index (χ1n) is 22.0. The summed E-state index contributed by atoms with van der Waals surface area (Å²) in [5.74, 6) is 0. The molecule has 0 radical (unpaired) electrons. The summed E-state index contributed by atoms with van der Waals surface area (Å²) in [6.07, 6.45) is 0. The highest BCUT2D eigenvalue weighted by Gasteiger charge is 2.22. The van der Waals surface area contributed by atoms with Crippen molar-refractivity contribution < 1.29 is 0 Å². The van der Waals surface area contributed by atoms with Crippen molar-refractivity contribution in [1.29, 1.82) is 0 Å². The van der Waals surface area contributed by atoms with E-state index in [-0.39, 0.29) is 0 Å². The lowest BCUT2D eigenvalue weighted by molar-refractivity contribution is 1.18. The Hall–Kier alpha value is -8.46. The molecule has 12 rings (SSSR count). The van der Waals surface area contributed by atoms with E-state index in [1.165, 1.54) is 82.3 Å². The van der Waals surface area contributed by atoms with Gasteiger partial charge in [-0.2, -0.15) is 0 Å². The first-order chi connectivity index (χ1) is 31.8. The monoisotopic (exact) mass is 814 g/mol. The molecule has 2 heteroatoms. The van der Waals surface area contributed by atoms with Crippen LogP contribution in [-0.4, -0.2) is 4.57 Å². The van der Waals surface area contributed by atoms with Crippen LogP contribution in [0.4, 0.5) is 17.1 Å². The summed E-state index contributed by atoms with van der Waals surface area (Å²) >= 11 is 0. The van der Waals surface area contributed by atoms with Gasteiger partial charge in [0.1, 0.15) is 0 Å². The minimum Gasteiger partial charge on any atom is -0.310 e. The molecule has 0 amide bonds. The smallest absolute Gasteiger partial charge is 0.0618 e. The van der Waals surface area contributed by atoms with Crippen molar-refractivity contribution in [2.75, 3.05) is 4.90 Å². The molecular formula is C62H42N2. The summed E-state index contributed by atoms with van der Waals surface area (Å²) in [5.41, 5.74) is 16.3. The fourth-order valence-corrected chi connectivity index (χ4v) is 9.81. The number of fused-ring (bicyclic) bond motifs is 5. The molecule has 0 aliphatic carbocycles. The lowest BCUT2D eigenvalue weighted by Gasteiger charge is -2.26. The molecule has 0 atom stereocenters. The topological polar surface area (TPSA) is 8.17 Å². The number of rotatable bonds is 8. The lowest BCUT2D eigenvalue weighted by atomic mass is 9.95. The van der Waals surface area contributed by atoms with Crippen LogP contribution in [-0.2, 0) is 0 Å². The van der Waals surface area contributed by atoms with Crippen LogP contribution in [0.1, 0.15) is 0 Å². The van der Waals surface area contributed by atoms with Gasteiger partial charge in [-0.25, -0.2) is 0 Å². The second-order valence-electron chi connectivity index (χ2n) is 16.5. The maximum absolute atomic E-state index is 2.50. The Morgan fingerprint density at radius 3 is 1.19 bits per heavy atom. The molecule has 0 saturated carbocycles. The third kappa shape index (κ3) is 6.44. The molecule has 300 valence electrons. The highest BCUT2D eigenvalue weighted by Crippen LogP contribution is 2.45. The average Bonchev–Trinajstić information content (AvgIpc) is 3.70. The molecular weight excluding hydrogens is 773 g/mol. The predicted molar refractivity (Wildman–Crippen MR) is 272 cm³/mol. The van der Waals surface area contributed by atoms with Crippen LogP contribution < -0.4 is 4.90 Å². The molecule has 0 unspecified atom stereocenters. The molecule has 0 spiro atoms. The molecule has 0 aliphatic rings. The van der Waals surface area contributed by atoms with Crippen LogP contribution in [0.5, 0.6) is 0 Å². The van der Waals surface area contributed by atoms with Crippen LogP contribution in [0, 0.1) is 0 Å².